The third kappa shape index (κ3) is 5.18. The van der Waals surface area contributed by atoms with Crippen molar-refractivity contribution in [2.75, 3.05) is 5.32 Å². The highest BCUT2D eigenvalue weighted by Gasteiger charge is 2.09. The number of amides is 1. The zero-order chi connectivity index (χ0) is 16.8. The molecule has 23 heavy (non-hydrogen) atoms. The summed E-state index contributed by atoms with van der Waals surface area (Å²) in [5.41, 5.74) is 5.55. The van der Waals surface area contributed by atoms with Gasteiger partial charge < -0.3 is 10.6 Å². The van der Waals surface area contributed by atoms with Crippen molar-refractivity contribution in [3.63, 3.8) is 0 Å². The van der Waals surface area contributed by atoms with Gasteiger partial charge in [0.25, 0.3) is 0 Å². The first kappa shape index (κ1) is 17.2. The number of nitrogens with one attached hydrogen (secondary N) is 2. The van der Waals surface area contributed by atoms with E-state index in [1.165, 1.54) is 5.56 Å². The molecular weight excluding hydrogens is 304 g/mol. The van der Waals surface area contributed by atoms with Crippen LogP contribution in [0.15, 0.2) is 42.5 Å². The molecule has 2 rings (SSSR count). The summed E-state index contributed by atoms with van der Waals surface area (Å²) >= 11 is 5.25. The van der Waals surface area contributed by atoms with E-state index >= 15 is 0 Å². The van der Waals surface area contributed by atoms with Gasteiger partial charge in [0, 0.05) is 12.1 Å². The second-order valence-electron chi connectivity index (χ2n) is 5.76. The first-order valence-corrected chi connectivity index (χ1v) is 8.09. The third-order valence-corrected chi connectivity index (χ3v) is 3.86. The van der Waals surface area contributed by atoms with E-state index < -0.39 is 0 Å². The average molecular weight is 326 g/mol. The fourth-order valence-electron chi connectivity index (χ4n) is 2.61. The summed E-state index contributed by atoms with van der Waals surface area (Å²) in [4.78, 5) is 12.0. The number of carbonyl (C=O) groups is 1. The van der Waals surface area contributed by atoms with Crippen LogP contribution in [0, 0.1) is 20.8 Å². The normalized spacial score (nSPS) is 10.2. The molecule has 0 aliphatic heterocycles. The van der Waals surface area contributed by atoms with Crippen molar-refractivity contribution in [1.29, 1.82) is 0 Å². The van der Waals surface area contributed by atoms with Crippen LogP contribution in [0.1, 0.15) is 28.7 Å². The highest BCUT2D eigenvalue weighted by molar-refractivity contribution is 7.80. The summed E-state index contributed by atoms with van der Waals surface area (Å²) in [5, 5.41) is 6.23. The molecule has 0 saturated carbocycles. The Morgan fingerprint density at radius 1 is 1.04 bits per heavy atom. The van der Waals surface area contributed by atoms with E-state index in [-0.39, 0.29) is 5.91 Å². The molecule has 0 fully saturated rings. The maximum atomic E-state index is 12.0. The van der Waals surface area contributed by atoms with Crippen LogP contribution in [0.2, 0.25) is 0 Å². The molecule has 0 atom stereocenters. The Hall–Kier alpha value is -2.20. The van der Waals surface area contributed by atoms with Crippen LogP contribution >= 0.6 is 12.2 Å². The van der Waals surface area contributed by atoms with Crippen LogP contribution in [-0.2, 0) is 11.2 Å². The molecule has 2 aromatic carbocycles. The Morgan fingerprint density at radius 3 is 2.26 bits per heavy atom. The molecule has 2 N–H and O–H groups in total. The summed E-state index contributed by atoms with van der Waals surface area (Å²) in [5.74, 6) is -0.0752. The molecule has 4 heteroatoms. The zero-order valence-electron chi connectivity index (χ0n) is 13.8. The number of hydrogen-bond donors (Lipinski definition) is 2. The van der Waals surface area contributed by atoms with Gasteiger partial charge in [-0.15, -0.1) is 0 Å². The molecule has 0 aromatic heterocycles. The Balaban J connectivity index is 1.88. The second-order valence-corrected chi connectivity index (χ2v) is 6.17. The Bertz CT molecular complexity index is 688. The molecule has 3 nitrogen and oxygen atoms in total. The lowest BCUT2D eigenvalue weighted by atomic mass is 10.1. The summed E-state index contributed by atoms with van der Waals surface area (Å²) in [7, 11) is 0. The van der Waals surface area contributed by atoms with Crippen molar-refractivity contribution in [3.8, 4) is 0 Å². The predicted molar refractivity (Wildman–Crippen MR) is 99.8 cm³/mol. The lowest BCUT2D eigenvalue weighted by Gasteiger charge is -2.15. The minimum atomic E-state index is -0.0752. The molecule has 0 heterocycles. The van der Waals surface area contributed by atoms with Gasteiger partial charge in [-0.1, -0.05) is 48.0 Å². The molecule has 2 aromatic rings. The van der Waals surface area contributed by atoms with Gasteiger partial charge in [0.2, 0.25) is 5.91 Å². The second kappa shape index (κ2) is 7.88. The van der Waals surface area contributed by atoms with E-state index in [2.05, 4.69) is 29.7 Å². The predicted octanol–water partition coefficient (Wildman–Crippen LogP) is 4.06. The van der Waals surface area contributed by atoms with Crippen LogP contribution in [0.25, 0.3) is 0 Å². The summed E-state index contributed by atoms with van der Waals surface area (Å²) < 4.78 is 0. The van der Waals surface area contributed by atoms with Crippen LogP contribution < -0.4 is 10.6 Å². The number of thiocarbonyl (C=S) groups is 1. The fourth-order valence-corrected chi connectivity index (χ4v) is 2.83. The number of benzene rings is 2. The average Bonchev–Trinajstić information content (AvgIpc) is 2.50. The maximum absolute atomic E-state index is 12.0. The largest absolute Gasteiger partial charge is 0.332 e. The monoisotopic (exact) mass is 326 g/mol. The maximum Gasteiger partial charge on any atom is 0.226 e. The van der Waals surface area contributed by atoms with Gasteiger partial charge in [0.05, 0.1) is 0 Å². The van der Waals surface area contributed by atoms with Crippen LogP contribution in [0.4, 0.5) is 5.69 Å². The molecule has 0 spiro atoms. The molecule has 0 aliphatic rings. The van der Waals surface area contributed by atoms with Crippen LogP contribution in [0.3, 0.4) is 0 Å². The first-order valence-electron chi connectivity index (χ1n) is 7.68. The van der Waals surface area contributed by atoms with Crippen molar-refractivity contribution < 1.29 is 4.79 Å². The van der Waals surface area contributed by atoms with E-state index in [1.807, 2.05) is 44.2 Å². The Labute approximate surface area is 143 Å². The number of anilines is 1. The van der Waals surface area contributed by atoms with Crippen LogP contribution in [0.5, 0.6) is 0 Å². The molecule has 0 aliphatic carbocycles. The van der Waals surface area contributed by atoms with E-state index in [9.17, 15) is 4.79 Å². The topological polar surface area (TPSA) is 41.1 Å². The summed E-state index contributed by atoms with van der Waals surface area (Å²) in [6.07, 6.45) is 1.12. The van der Waals surface area contributed by atoms with E-state index in [4.69, 9.17) is 12.2 Å². The van der Waals surface area contributed by atoms with Gasteiger partial charge in [-0.25, -0.2) is 0 Å². The smallest absolute Gasteiger partial charge is 0.226 e. The van der Waals surface area contributed by atoms with Crippen molar-refractivity contribution in [1.82, 2.24) is 5.32 Å². The first-order chi connectivity index (χ1) is 11.0. The highest BCUT2D eigenvalue weighted by atomic mass is 32.1. The van der Waals surface area contributed by atoms with E-state index in [0.29, 0.717) is 18.0 Å². The lowest BCUT2D eigenvalue weighted by molar-refractivity contribution is -0.119. The SMILES string of the molecule is Cc1cc(C)c(NC(=S)NC(=O)CCc2ccccc2)c(C)c1. The number of carbonyl (C=O) groups excluding carboxylic acids is 1. The molecule has 0 unspecified atom stereocenters. The highest BCUT2D eigenvalue weighted by Crippen LogP contribution is 2.21. The molecule has 0 bridgehead atoms. The molecule has 0 radical (unpaired) electrons. The van der Waals surface area contributed by atoms with Crippen molar-refractivity contribution >= 4 is 28.9 Å². The summed E-state index contributed by atoms with van der Waals surface area (Å²) in [6.45, 7) is 6.12. The van der Waals surface area contributed by atoms with Gasteiger partial charge in [0.1, 0.15) is 0 Å². The van der Waals surface area contributed by atoms with Crippen molar-refractivity contribution in [3.05, 3.63) is 64.7 Å². The molecular formula is C19H22N2OS. The minimum Gasteiger partial charge on any atom is -0.332 e. The van der Waals surface area contributed by atoms with Crippen LogP contribution in [-0.4, -0.2) is 11.0 Å². The molecule has 0 saturated heterocycles. The number of hydrogen-bond acceptors (Lipinski definition) is 2. The van der Waals surface area contributed by atoms with Gasteiger partial charge in [-0.05, 0) is 56.1 Å². The van der Waals surface area contributed by atoms with Crippen molar-refractivity contribution in [2.45, 2.75) is 33.6 Å². The van der Waals surface area contributed by atoms with Gasteiger partial charge >= 0.3 is 0 Å². The lowest BCUT2D eigenvalue weighted by Crippen LogP contribution is -2.34. The fraction of sp³-hybridized carbons (Fsp3) is 0.263. The Kier molecular flexibility index (Phi) is 5.88. The Morgan fingerprint density at radius 2 is 1.65 bits per heavy atom. The van der Waals surface area contributed by atoms with Gasteiger partial charge in [-0.3, -0.25) is 4.79 Å². The quantitative estimate of drug-likeness (QED) is 0.833. The van der Waals surface area contributed by atoms with Gasteiger partial charge in [0.15, 0.2) is 5.11 Å². The number of aryl methyl sites for hydroxylation is 4. The van der Waals surface area contributed by atoms with E-state index in [1.54, 1.807) is 0 Å². The van der Waals surface area contributed by atoms with E-state index in [0.717, 1.165) is 22.4 Å². The van der Waals surface area contributed by atoms with Crippen molar-refractivity contribution in [2.24, 2.45) is 0 Å². The standard InChI is InChI=1S/C19H22N2OS/c1-13-11-14(2)18(15(3)12-13)21-19(23)20-17(22)10-9-16-7-5-4-6-8-16/h4-8,11-12H,9-10H2,1-3H3,(H2,20,21,22,23). The molecule has 1 amide bonds. The summed E-state index contributed by atoms with van der Waals surface area (Å²) in [6, 6.07) is 14.1. The number of rotatable bonds is 4. The van der Waals surface area contributed by atoms with Gasteiger partial charge in [-0.2, -0.15) is 0 Å². The minimum absolute atomic E-state index is 0.0752. The zero-order valence-corrected chi connectivity index (χ0v) is 14.6. The molecule has 120 valence electrons. The third-order valence-electron chi connectivity index (χ3n) is 3.65.